The first-order valence-corrected chi connectivity index (χ1v) is 9.09. The van der Waals surface area contributed by atoms with Crippen LogP contribution in [0.2, 0.25) is 0 Å². The summed E-state index contributed by atoms with van der Waals surface area (Å²) in [5.74, 6) is 1.24. The van der Waals surface area contributed by atoms with E-state index in [0.29, 0.717) is 43.7 Å². The molecular formula is C18H15Br2NO3. The van der Waals surface area contributed by atoms with Crippen LogP contribution in [0.4, 0.5) is 0 Å². The first kappa shape index (κ1) is 17.2. The normalized spacial score (nSPS) is 11.0. The van der Waals surface area contributed by atoms with Gasteiger partial charge in [0.15, 0.2) is 5.78 Å². The van der Waals surface area contributed by atoms with E-state index in [9.17, 15) is 4.79 Å². The Labute approximate surface area is 156 Å². The number of hydrogen-bond donors (Lipinski definition) is 0. The minimum atomic E-state index is -0.0887. The molecule has 4 nitrogen and oxygen atoms in total. The van der Waals surface area contributed by atoms with Crippen molar-refractivity contribution in [2.75, 3.05) is 7.11 Å². The number of furan rings is 1. The molecule has 0 fully saturated rings. The Kier molecular flexibility index (Phi) is 5.06. The monoisotopic (exact) mass is 451 g/mol. The summed E-state index contributed by atoms with van der Waals surface area (Å²) in [6, 6.07) is 7.20. The number of carbonyl (C=O) groups is 1. The van der Waals surface area contributed by atoms with E-state index in [0.717, 1.165) is 11.8 Å². The molecule has 0 saturated carbocycles. The van der Waals surface area contributed by atoms with Crippen LogP contribution in [0.3, 0.4) is 0 Å². The lowest BCUT2D eigenvalue weighted by Gasteiger charge is -2.09. The number of nitrogens with zero attached hydrogens (tertiary/aromatic N) is 1. The van der Waals surface area contributed by atoms with Crippen LogP contribution in [0.1, 0.15) is 35.0 Å². The summed E-state index contributed by atoms with van der Waals surface area (Å²) < 4.78 is 12.5. The van der Waals surface area contributed by atoms with Crippen molar-refractivity contribution < 1.29 is 13.9 Å². The number of ether oxygens (including phenoxy) is 1. The fourth-order valence-electron chi connectivity index (χ4n) is 2.66. The van der Waals surface area contributed by atoms with Gasteiger partial charge in [0.25, 0.3) is 0 Å². The minimum Gasteiger partial charge on any atom is -0.494 e. The largest absolute Gasteiger partial charge is 0.494 e. The van der Waals surface area contributed by atoms with Gasteiger partial charge in [-0.05, 0) is 62.5 Å². The smallest absolute Gasteiger partial charge is 0.226 e. The number of aryl methyl sites for hydroxylation is 1. The molecule has 0 aliphatic heterocycles. The van der Waals surface area contributed by atoms with Gasteiger partial charge in [-0.15, -0.1) is 0 Å². The van der Waals surface area contributed by atoms with Crippen molar-refractivity contribution in [1.29, 1.82) is 0 Å². The highest BCUT2D eigenvalue weighted by molar-refractivity contribution is 9.11. The van der Waals surface area contributed by atoms with E-state index >= 15 is 0 Å². The average molecular weight is 453 g/mol. The van der Waals surface area contributed by atoms with Crippen LogP contribution in [0.15, 0.2) is 43.8 Å². The van der Waals surface area contributed by atoms with Crippen molar-refractivity contribution in [2.45, 2.75) is 19.8 Å². The van der Waals surface area contributed by atoms with Crippen LogP contribution in [0, 0.1) is 0 Å². The number of methoxy groups -OCH3 is 1. The molecule has 0 aliphatic carbocycles. The number of fused-ring (bicyclic) bond motifs is 1. The maximum Gasteiger partial charge on any atom is 0.226 e. The molecule has 2 aromatic heterocycles. The molecule has 0 unspecified atom stereocenters. The predicted molar refractivity (Wildman–Crippen MR) is 99.8 cm³/mol. The fourth-order valence-corrected chi connectivity index (χ4v) is 4.17. The number of pyridine rings is 1. The quantitative estimate of drug-likeness (QED) is 0.476. The molecule has 3 rings (SSSR count). The summed E-state index contributed by atoms with van der Waals surface area (Å²) in [5.41, 5.74) is 1.64. The number of rotatable bonds is 5. The lowest BCUT2D eigenvalue weighted by atomic mass is 9.99. The van der Waals surface area contributed by atoms with E-state index in [1.807, 2.05) is 12.1 Å². The number of benzene rings is 1. The van der Waals surface area contributed by atoms with Gasteiger partial charge in [-0.3, -0.25) is 4.79 Å². The predicted octanol–water partition coefficient (Wildman–Crippen LogP) is 5.54. The lowest BCUT2D eigenvalue weighted by molar-refractivity contribution is 0.103. The summed E-state index contributed by atoms with van der Waals surface area (Å²) in [6.45, 7) is 2.05. The van der Waals surface area contributed by atoms with Crippen molar-refractivity contribution in [3.8, 4) is 5.75 Å². The molecular weight excluding hydrogens is 438 g/mol. The molecule has 2 heterocycles. The average Bonchev–Trinajstić information content (AvgIpc) is 2.92. The molecule has 0 saturated heterocycles. The summed E-state index contributed by atoms with van der Waals surface area (Å²) >= 11 is 6.89. The Morgan fingerprint density at radius 1 is 1.29 bits per heavy atom. The van der Waals surface area contributed by atoms with Crippen LogP contribution in [0.5, 0.6) is 5.75 Å². The molecule has 0 radical (unpaired) electrons. The highest BCUT2D eigenvalue weighted by Crippen LogP contribution is 2.36. The summed E-state index contributed by atoms with van der Waals surface area (Å²) in [7, 11) is 1.58. The van der Waals surface area contributed by atoms with Crippen LogP contribution in [-0.2, 0) is 6.42 Å². The fraction of sp³-hybridized carbons (Fsp3) is 0.222. The third kappa shape index (κ3) is 3.00. The maximum atomic E-state index is 13.2. The second kappa shape index (κ2) is 7.07. The zero-order chi connectivity index (χ0) is 17.3. The lowest BCUT2D eigenvalue weighted by Crippen LogP contribution is -2.04. The summed E-state index contributed by atoms with van der Waals surface area (Å²) in [6.07, 6.45) is 3.24. The maximum absolute atomic E-state index is 13.2. The van der Waals surface area contributed by atoms with E-state index in [1.54, 1.807) is 25.4 Å². The van der Waals surface area contributed by atoms with Gasteiger partial charge in [0, 0.05) is 18.2 Å². The van der Waals surface area contributed by atoms with Crippen LogP contribution in [-0.4, -0.2) is 17.9 Å². The molecule has 0 aliphatic rings. The molecule has 0 bridgehead atoms. The molecule has 24 heavy (non-hydrogen) atoms. The van der Waals surface area contributed by atoms with Crippen LogP contribution >= 0.6 is 31.9 Å². The van der Waals surface area contributed by atoms with Crippen molar-refractivity contribution in [3.63, 3.8) is 0 Å². The van der Waals surface area contributed by atoms with E-state index in [1.165, 1.54) is 0 Å². The molecule has 3 aromatic rings. The first-order valence-electron chi connectivity index (χ1n) is 7.51. The summed E-state index contributed by atoms with van der Waals surface area (Å²) in [4.78, 5) is 17.4. The Hall–Kier alpha value is -1.66. The number of carbonyl (C=O) groups excluding carboxylic acids is 1. The van der Waals surface area contributed by atoms with Gasteiger partial charge >= 0.3 is 0 Å². The topological polar surface area (TPSA) is 52.3 Å². The second-order valence-corrected chi connectivity index (χ2v) is 7.02. The van der Waals surface area contributed by atoms with Gasteiger partial charge in [0.1, 0.15) is 11.5 Å². The Morgan fingerprint density at radius 3 is 2.62 bits per heavy atom. The zero-order valence-electron chi connectivity index (χ0n) is 13.2. The summed E-state index contributed by atoms with van der Waals surface area (Å²) in [5, 5.41) is 0.744. The van der Waals surface area contributed by atoms with Gasteiger partial charge in [0.05, 0.1) is 27.0 Å². The van der Waals surface area contributed by atoms with E-state index in [-0.39, 0.29) is 5.78 Å². The number of hydrogen-bond acceptors (Lipinski definition) is 4. The van der Waals surface area contributed by atoms with Crippen molar-refractivity contribution >= 4 is 48.7 Å². The Bertz CT molecular complexity index is 895. The number of ketones is 1. The third-order valence-electron chi connectivity index (χ3n) is 3.71. The Balaban J connectivity index is 2.17. The standard InChI is InChI=1S/C18H15Br2NO3/c1-3-5-14-15(11-6-4-7-21-18(11)24-14)16(22)10-8-12(19)17(23-2)13(20)9-10/h4,6-9H,3,5H2,1-2H3. The molecule has 0 atom stereocenters. The highest BCUT2D eigenvalue weighted by atomic mass is 79.9. The van der Waals surface area contributed by atoms with E-state index in [2.05, 4.69) is 43.8 Å². The van der Waals surface area contributed by atoms with E-state index < -0.39 is 0 Å². The molecule has 1 aromatic carbocycles. The van der Waals surface area contributed by atoms with Crippen LogP contribution < -0.4 is 4.74 Å². The SMILES string of the molecule is CCCc1oc2ncccc2c1C(=O)c1cc(Br)c(OC)c(Br)c1. The van der Waals surface area contributed by atoms with Gasteiger partial charge < -0.3 is 9.15 Å². The van der Waals surface area contributed by atoms with Crippen molar-refractivity contribution in [2.24, 2.45) is 0 Å². The molecule has 6 heteroatoms. The highest BCUT2D eigenvalue weighted by Gasteiger charge is 2.23. The zero-order valence-corrected chi connectivity index (χ0v) is 16.4. The van der Waals surface area contributed by atoms with Gasteiger partial charge in [-0.25, -0.2) is 4.98 Å². The van der Waals surface area contributed by atoms with Gasteiger partial charge in [-0.1, -0.05) is 6.92 Å². The molecule has 0 N–H and O–H groups in total. The minimum absolute atomic E-state index is 0.0887. The number of halogens is 2. The van der Waals surface area contributed by atoms with Crippen molar-refractivity contribution in [1.82, 2.24) is 4.98 Å². The third-order valence-corrected chi connectivity index (χ3v) is 4.89. The second-order valence-electron chi connectivity index (χ2n) is 5.31. The first-order chi connectivity index (χ1) is 11.6. The van der Waals surface area contributed by atoms with E-state index in [4.69, 9.17) is 9.15 Å². The molecule has 0 spiro atoms. The number of aromatic nitrogens is 1. The Morgan fingerprint density at radius 2 is 2.00 bits per heavy atom. The van der Waals surface area contributed by atoms with Crippen molar-refractivity contribution in [3.05, 3.63) is 56.3 Å². The van der Waals surface area contributed by atoms with Gasteiger partial charge in [-0.2, -0.15) is 0 Å². The molecule has 124 valence electrons. The van der Waals surface area contributed by atoms with Crippen LogP contribution in [0.25, 0.3) is 11.1 Å². The molecule has 0 amide bonds. The van der Waals surface area contributed by atoms with Gasteiger partial charge in [0.2, 0.25) is 5.71 Å².